The molecule has 0 saturated carbocycles. The Morgan fingerprint density at radius 3 is 2.29 bits per heavy atom. The smallest absolute Gasteiger partial charge is 0.335 e. The van der Waals surface area contributed by atoms with Gasteiger partial charge >= 0.3 is 5.97 Å². The number of carboxylic acids is 1. The van der Waals surface area contributed by atoms with Gasteiger partial charge in [-0.15, -0.1) is 0 Å². The van der Waals surface area contributed by atoms with Crippen LogP contribution in [0.4, 0.5) is 0 Å². The fourth-order valence-electron chi connectivity index (χ4n) is 3.01. The number of carbonyl (C=O) groups is 1. The average Bonchev–Trinajstić information content (AvgIpc) is 3.08. The van der Waals surface area contributed by atoms with E-state index in [-0.39, 0.29) is 16.4 Å². The summed E-state index contributed by atoms with van der Waals surface area (Å²) in [5.74, 6) is -0.849. The second kappa shape index (κ2) is 6.58. The fourth-order valence-corrected chi connectivity index (χ4v) is 3.88. The molecule has 0 saturated heterocycles. The van der Waals surface area contributed by atoms with Crippen LogP contribution in [0.25, 0.3) is 28.0 Å². The van der Waals surface area contributed by atoms with Crippen LogP contribution in [0.2, 0.25) is 0 Å². The number of sulfone groups is 1. The van der Waals surface area contributed by atoms with Gasteiger partial charge in [-0.25, -0.2) is 23.2 Å². The monoisotopic (exact) mass is 393 g/mol. The Balaban J connectivity index is 1.90. The van der Waals surface area contributed by atoms with E-state index in [1.165, 1.54) is 29.0 Å². The van der Waals surface area contributed by atoms with Crippen molar-refractivity contribution in [1.29, 1.82) is 0 Å². The fraction of sp³-hybridized carbons (Fsp3) is 0.0500. The number of nitrogens with zero attached hydrogens (tertiary/aromatic N) is 3. The van der Waals surface area contributed by atoms with Crippen molar-refractivity contribution in [2.24, 2.45) is 0 Å². The molecule has 0 unspecified atom stereocenters. The van der Waals surface area contributed by atoms with Crippen molar-refractivity contribution in [1.82, 2.24) is 14.5 Å². The molecule has 1 N–H and O–H groups in total. The van der Waals surface area contributed by atoms with Crippen LogP contribution in [0.1, 0.15) is 10.4 Å². The van der Waals surface area contributed by atoms with E-state index >= 15 is 0 Å². The molecule has 0 aliphatic heterocycles. The molecule has 140 valence electrons. The van der Waals surface area contributed by atoms with Crippen molar-refractivity contribution in [3.8, 4) is 17.1 Å². The first-order valence-electron chi connectivity index (χ1n) is 8.31. The van der Waals surface area contributed by atoms with Crippen LogP contribution in [0, 0.1) is 0 Å². The lowest BCUT2D eigenvalue weighted by Crippen LogP contribution is -2.01. The van der Waals surface area contributed by atoms with Gasteiger partial charge in [0, 0.05) is 35.8 Å². The highest BCUT2D eigenvalue weighted by Gasteiger charge is 2.20. The molecule has 0 bridgehead atoms. The van der Waals surface area contributed by atoms with E-state index in [0.717, 1.165) is 17.4 Å². The molecule has 0 spiro atoms. The first kappa shape index (κ1) is 17.9. The predicted molar refractivity (Wildman–Crippen MR) is 104 cm³/mol. The van der Waals surface area contributed by atoms with Crippen LogP contribution >= 0.6 is 0 Å². The van der Waals surface area contributed by atoms with Crippen LogP contribution < -0.4 is 0 Å². The van der Waals surface area contributed by atoms with Gasteiger partial charge in [0.05, 0.1) is 16.0 Å². The van der Waals surface area contributed by atoms with Gasteiger partial charge in [-0.2, -0.15) is 0 Å². The van der Waals surface area contributed by atoms with E-state index in [1.807, 2.05) is 30.3 Å². The number of aromatic nitrogens is 3. The Kier molecular flexibility index (Phi) is 4.20. The third-order valence-electron chi connectivity index (χ3n) is 4.38. The molecular weight excluding hydrogens is 378 g/mol. The molecule has 7 nitrogen and oxygen atoms in total. The zero-order chi connectivity index (χ0) is 19.9. The lowest BCUT2D eigenvalue weighted by Gasteiger charge is -2.05. The molecule has 8 heteroatoms. The summed E-state index contributed by atoms with van der Waals surface area (Å²) < 4.78 is 25.9. The zero-order valence-corrected chi connectivity index (χ0v) is 15.6. The maximum atomic E-state index is 12.2. The third kappa shape index (κ3) is 3.14. The lowest BCUT2D eigenvalue weighted by molar-refractivity contribution is 0.0697. The minimum absolute atomic E-state index is 0.0489. The summed E-state index contributed by atoms with van der Waals surface area (Å²) in [7, 11) is -3.52. The van der Waals surface area contributed by atoms with Gasteiger partial charge in [-0.05, 0) is 17.7 Å². The first-order chi connectivity index (χ1) is 13.3. The zero-order valence-electron chi connectivity index (χ0n) is 14.8. The summed E-state index contributed by atoms with van der Waals surface area (Å²) >= 11 is 0. The van der Waals surface area contributed by atoms with Gasteiger partial charge in [-0.3, -0.25) is 4.57 Å². The lowest BCUT2D eigenvalue weighted by atomic mass is 10.1. The maximum Gasteiger partial charge on any atom is 0.335 e. The average molecular weight is 393 g/mol. The second-order valence-electron chi connectivity index (χ2n) is 6.31. The van der Waals surface area contributed by atoms with Crippen molar-refractivity contribution in [3.63, 3.8) is 0 Å². The molecule has 0 fully saturated rings. The summed E-state index contributed by atoms with van der Waals surface area (Å²) in [6.07, 6.45) is 5.81. The highest BCUT2D eigenvalue weighted by Crippen LogP contribution is 2.28. The quantitative estimate of drug-likeness (QED) is 0.571. The molecule has 4 aromatic rings. The molecular formula is C20H15N3O4S. The number of benzene rings is 2. The molecule has 0 radical (unpaired) electrons. The number of hydrogen-bond donors (Lipinski definition) is 1. The van der Waals surface area contributed by atoms with E-state index in [9.17, 15) is 18.3 Å². The number of hydrogen-bond acceptors (Lipinski definition) is 5. The van der Waals surface area contributed by atoms with Crippen molar-refractivity contribution in [2.45, 2.75) is 4.90 Å². The summed E-state index contributed by atoms with van der Waals surface area (Å²) in [5, 5.41) is 9.70. The number of carboxylic acid groups (broad SMARTS) is 1. The van der Waals surface area contributed by atoms with Gasteiger partial charge in [0.25, 0.3) is 0 Å². The Morgan fingerprint density at radius 1 is 1.00 bits per heavy atom. The van der Waals surface area contributed by atoms with Gasteiger partial charge in [0.1, 0.15) is 0 Å². The largest absolute Gasteiger partial charge is 0.478 e. The van der Waals surface area contributed by atoms with E-state index in [1.54, 1.807) is 12.4 Å². The molecule has 0 amide bonds. The summed E-state index contributed by atoms with van der Waals surface area (Å²) in [6, 6.07) is 13.9. The Hall–Kier alpha value is -3.52. The van der Waals surface area contributed by atoms with Crippen molar-refractivity contribution in [3.05, 3.63) is 72.7 Å². The number of aromatic carboxylic acids is 1. The molecule has 4 rings (SSSR count). The van der Waals surface area contributed by atoms with Crippen LogP contribution in [0.3, 0.4) is 0 Å². The molecule has 0 aliphatic rings. The molecule has 28 heavy (non-hydrogen) atoms. The van der Waals surface area contributed by atoms with Crippen molar-refractivity contribution in [2.75, 3.05) is 6.26 Å². The second-order valence-corrected chi connectivity index (χ2v) is 8.29. The molecule has 2 aromatic carbocycles. The topological polar surface area (TPSA) is 102 Å². The van der Waals surface area contributed by atoms with Crippen LogP contribution in [-0.2, 0) is 9.84 Å². The minimum atomic E-state index is -3.52. The van der Waals surface area contributed by atoms with Crippen molar-refractivity contribution >= 4 is 26.7 Å². The predicted octanol–water partition coefficient (Wildman–Crippen LogP) is 3.19. The highest BCUT2D eigenvalue weighted by atomic mass is 32.2. The molecule has 0 atom stereocenters. The summed E-state index contributed by atoms with van der Waals surface area (Å²) in [5.41, 5.74) is 2.23. The Morgan fingerprint density at radius 2 is 1.68 bits per heavy atom. The Bertz CT molecular complexity index is 1290. The van der Waals surface area contributed by atoms with E-state index < -0.39 is 15.8 Å². The first-order valence-corrected chi connectivity index (χ1v) is 10.2. The molecule has 2 heterocycles. The van der Waals surface area contributed by atoms with Gasteiger partial charge in [0.15, 0.2) is 9.84 Å². The van der Waals surface area contributed by atoms with E-state index in [4.69, 9.17) is 0 Å². The SMILES string of the molecule is CS(=O)(=O)c1cn(-c2ncc(-c3ccccc3)cn2)c2cc(C(=O)O)ccc12. The normalized spacial score (nSPS) is 11.6. The van der Waals surface area contributed by atoms with Crippen LogP contribution in [-0.4, -0.2) is 40.3 Å². The van der Waals surface area contributed by atoms with Crippen LogP contribution in [0.15, 0.2) is 72.0 Å². The third-order valence-corrected chi connectivity index (χ3v) is 5.50. The molecule has 0 aliphatic carbocycles. The van der Waals surface area contributed by atoms with Gasteiger partial charge in [-0.1, -0.05) is 36.4 Å². The van der Waals surface area contributed by atoms with Crippen molar-refractivity contribution < 1.29 is 18.3 Å². The summed E-state index contributed by atoms with van der Waals surface area (Å²) in [6.45, 7) is 0. The Labute approximate surface area is 160 Å². The van der Waals surface area contributed by atoms with E-state index in [0.29, 0.717) is 10.9 Å². The molecule has 2 aromatic heterocycles. The summed E-state index contributed by atoms with van der Waals surface area (Å²) in [4.78, 5) is 20.1. The number of fused-ring (bicyclic) bond motifs is 1. The highest BCUT2D eigenvalue weighted by molar-refractivity contribution is 7.91. The number of rotatable bonds is 4. The standard InChI is InChI=1S/C20H15N3O4S/c1-28(26,27)18-12-23(17-9-14(19(24)25)7-8-16(17)18)20-21-10-15(11-22-20)13-5-3-2-4-6-13/h2-12H,1H3,(H,24,25). The minimum Gasteiger partial charge on any atom is -0.478 e. The van der Waals surface area contributed by atoms with Crippen LogP contribution in [0.5, 0.6) is 0 Å². The van der Waals surface area contributed by atoms with Gasteiger partial charge in [0.2, 0.25) is 5.95 Å². The van der Waals surface area contributed by atoms with Gasteiger partial charge < -0.3 is 5.11 Å². The van der Waals surface area contributed by atoms with E-state index in [2.05, 4.69) is 9.97 Å². The maximum absolute atomic E-state index is 12.2.